The van der Waals surface area contributed by atoms with Gasteiger partial charge in [0.1, 0.15) is 0 Å². The molecule has 2 aliphatic rings. The van der Waals surface area contributed by atoms with Crippen LogP contribution in [0.2, 0.25) is 0 Å². The van der Waals surface area contributed by atoms with Gasteiger partial charge in [-0.2, -0.15) is 0 Å². The molecule has 1 saturated heterocycles. The van der Waals surface area contributed by atoms with E-state index in [2.05, 4.69) is 54.8 Å². The van der Waals surface area contributed by atoms with E-state index in [0.29, 0.717) is 18.0 Å². The maximum absolute atomic E-state index is 5.67. The van der Waals surface area contributed by atoms with Crippen molar-refractivity contribution in [1.29, 1.82) is 0 Å². The third-order valence-electron chi connectivity index (χ3n) is 5.40. The summed E-state index contributed by atoms with van der Waals surface area (Å²) in [5.74, 6) is 0.715. The Balaban J connectivity index is 0.00000192. The Kier molecular flexibility index (Phi) is 6.90. The van der Waals surface area contributed by atoms with Crippen LogP contribution in [-0.2, 0) is 10.2 Å². The fourth-order valence-corrected chi connectivity index (χ4v) is 3.96. The lowest BCUT2D eigenvalue weighted by molar-refractivity contribution is 0.0522. The van der Waals surface area contributed by atoms with Crippen LogP contribution in [0.1, 0.15) is 38.7 Å². The van der Waals surface area contributed by atoms with Gasteiger partial charge in [-0.15, -0.1) is 12.4 Å². The highest BCUT2D eigenvalue weighted by Gasteiger charge is 2.35. The average Bonchev–Trinajstić information content (AvgIpc) is 3.03. The maximum atomic E-state index is 5.67. The number of nitrogens with one attached hydrogen (secondary N) is 2. The predicted octanol–water partition coefficient (Wildman–Crippen LogP) is 3.13. The van der Waals surface area contributed by atoms with Gasteiger partial charge in [0.2, 0.25) is 0 Å². The molecule has 2 N–H and O–H groups in total. The number of hydrogen-bond donors (Lipinski definition) is 2. The zero-order chi connectivity index (χ0) is 15.4. The largest absolute Gasteiger partial charge is 0.379 e. The Morgan fingerprint density at radius 1 is 1.22 bits per heavy atom. The van der Waals surface area contributed by atoms with E-state index in [1.807, 2.05) is 0 Å². The Morgan fingerprint density at radius 2 is 2.00 bits per heavy atom. The van der Waals surface area contributed by atoms with E-state index in [-0.39, 0.29) is 17.8 Å². The summed E-state index contributed by atoms with van der Waals surface area (Å²) < 4.78 is 5.67. The molecule has 2 fully saturated rings. The lowest BCUT2D eigenvalue weighted by Crippen LogP contribution is -2.52. The second-order valence-corrected chi connectivity index (χ2v) is 7.47. The molecule has 1 aromatic carbocycles. The Morgan fingerprint density at radius 3 is 2.70 bits per heavy atom. The zero-order valence-corrected chi connectivity index (χ0v) is 15.2. The topological polar surface area (TPSA) is 33.3 Å². The van der Waals surface area contributed by atoms with E-state index >= 15 is 0 Å². The fraction of sp³-hybridized carbons (Fsp3) is 0.684. The third-order valence-corrected chi connectivity index (χ3v) is 5.40. The fourth-order valence-electron chi connectivity index (χ4n) is 3.96. The first kappa shape index (κ1) is 18.7. The molecule has 0 aromatic heterocycles. The molecule has 3 rings (SSSR count). The molecule has 0 radical (unpaired) electrons. The van der Waals surface area contributed by atoms with E-state index in [0.717, 1.165) is 26.3 Å². The van der Waals surface area contributed by atoms with Crippen LogP contribution in [0.15, 0.2) is 30.3 Å². The van der Waals surface area contributed by atoms with Gasteiger partial charge in [0.25, 0.3) is 0 Å². The highest BCUT2D eigenvalue weighted by Crippen LogP contribution is 2.30. The molecular weight excluding hydrogens is 308 g/mol. The van der Waals surface area contributed by atoms with Gasteiger partial charge in [-0.25, -0.2) is 0 Å². The van der Waals surface area contributed by atoms with Gasteiger partial charge < -0.3 is 15.4 Å². The molecule has 1 aliphatic heterocycles. The van der Waals surface area contributed by atoms with Crippen LogP contribution >= 0.6 is 12.4 Å². The Hall–Kier alpha value is -0.610. The van der Waals surface area contributed by atoms with Crippen molar-refractivity contribution < 1.29 is 4.74 Å². The summed E-state index contributed by atoms with van der Waals surface area (Å²) in [7, 11) is 0. The monoisotopic (exact) mass is 338 g/mol. The van der Waals surface area contributed by atoms with Gasteiger partial charge >= 0.3 is 0 Å². The lowest BCUT2D eigenvalue weighted by Gasteiger charge is -2.35. The first-order chi connectivity index (χ1) is 10.7. The van der Waals surface area contributed by atoms with E-state index < -0.39 is 0 Å². The summed E-state index contributed by atoms with van der Waals surface area (Å²) in [6, 6.07) is 12.0. The quantitative estimate of drug-likeness (QED) is 0.865. The van der Waals surface area contributed by atoms with Crippen LogP contribution in [-0.4, -0.2) is 38.4 Å². The highest BCUT2D eigenvalue weighted by atomic mass is 35.5. The molecule has 1 aromatic rings. The van der Waals surface area contributed by atoms with E-state index in [1.165, 1.54) is 24.8 Å². The molecule has 0 spiro atoms. The molecule has 130 valence electrons. The molecule has 23 heavy (non-hydrogen) atoms. The number of halogens is 1. The van der Waals surface area contributed by atoms with Gasteiger partial charge in [0.05, 0.1) is 13.2 Å². The van der Waals surface area contributed by atoms with Gasteiger partial charge in [0, 0.05) is 30.6 Å². The number of rotatable bonds is 5. The lowest BCUT2D eigenvalue weighted by atomic mass is 9.84. The second-order valence-electron chi connectivity index (χ2n) is 7.47. The van der Waals surface area contributed by atoms with Crippen molar-refractivity contribution in [2.75, 3.05) is 26.3 Å². The van der Waals surface area contributed by atoms with Crippen LogP contribution in [0.3, 0.4) is 0 Å². The SMILES string of the molecule is CC(C)(CNC1CCCC1C1COCCN1)c1ccccc1.Cl. The van der Waals surface area contributed by atoms with Crippen LogP contribution in [0, 0.1) is 5.92 Å². The first-order valence-electron chi connectivity index (χ1n) is 8.77. The molecule has 0 amide bonds. The van der Waals surface area contributed by atoms with Crippen LogP contribution in [0.25, 0.3) is 0 Å². The molecule has 0 bridgehead atoms. The van der Waals surface area contributed by atoms with Crippen molar-refractivity contribution in [3.63, 3.8) is 0 Å². The minimum absolute atomic E-state index is 0. The summed E-state index contributed by atoms with van der Waals surface area (Å²) in [4.78, 5) is 0. The number of morpholine rings is 1. The molecule has 4 heteroatoms. The van der Waals surface area contributed by atoms with Gasteiger partial charge in [0.15, 0.2) is 0 Å². The van der Waals surface area contributed by atoms with Crippen molar-refractivity contribution in [3.05, 3.63) is 35.9 Å². The van der Waals surface area contributed by atoms with Crippen molar-refractivity contribution >= 4 is 12.4 Å². The van der Waals surface area contributed by atoms with E-state index in [9.17, 15) is 0 Å². The normalized spacial score (nSPS) is 28.3. The zero-order valence-electron chi connectivity index (χ0n) is 14.4. The summed E-state index contributed by atoms with van der Waals surface area (Å²) in [5, 5.41) is 7.53. The Bertz CT molecular complexity index is 460. The molecule has 3 nitrogen and oxygen atoms in total. The summed E-state index contributed by atoms with van der Waals surface area (Å²) in [5.41, 5.74) is 1.58. The molecule has 1 aliphatic carbocycles. The second kappa shape index (κ2) is 8.48. The molecule has 1 saturated carbocycles. The summed E-state index contributed by atoms with van der Waals surface area (Å²) in [6.45, 7) is 8.45. The van der Waals surface area contributed by atoms with Crippen molar-refractivity contribution in [3.8, 4) is 0 Å². The van der Waals surface area contributed by atoms with Crippen molar-refractivity contribution in [1.82, 2.24) is 10.6 Å². The highest BCUT2D eigenvalue weighted by molar-refractivity contribution is 5.85. The Labute approximate surface area is 147 Å². The van der Waals surface area contributed by atoms with Gasteiger partial charge in [-0.3, -0.25) is 0 Å². The first-order valence-corrected chi connectivity index (χ1v) is 8.77. The predicted molar refractivity (Wildman–Crippen MR) is 98.5 cm³/mol. The standard InChI is InChI=1S/C19H30N2O.ClH/c1-19(2,15-7-4-3-5-8-15)14-21-17-10-6-9-16(17)18-13-22-12-11-20-18;/h3-5,7-8,16-18,20-21H,6,9-14H2,1-2H3;1H. The van der Waals surface area contributed by atoms with E-state index in [1.54, 1.807) is 0 Å². The third kappa shape index (κ3) is 4.69. The molecule has 1 heterocycles. The maximum Gasteiger partial charge on any atom is 0.0623 e. The molecule has 3 atom stereocenters. The van der Waals surface area contributed by atoms with Crippen molar-refractivity contribution in [2.24, 2.45) is 5.92 Å². The summed E-state index contributed by atoms with van der Waals surface area (Å²) in [6.07, 6.45) is 3.96. The van der Waals surface area contributed by atoms with Crippen LogP contribution in [0.4, 0.5) is 0 Å². The van der Waals surface area contributed by atoms with Crippen LogP contribution in [0.5, 0.6) is 0 Å². The molecule has 3 unspecified atom stereocenters. The van der Waals surface area contributed by atoms with Crippen LogP contribution < -0.4 is 10.6 Å². The minimum Gasteiger partial charge on any atom is -0.379 e. The van der Waals surface area contributed by atoms with E-state index in [4.69, 9.17) is 4.74 Å². The van der Waals surface area contributed by atoms with Crippen molar-refractivity contribution in [2.45, 2.75) is 50.6 Å². The molecular formula is C19H31ClN2O. The number of benzene rings is 1. The average molecular weight is 339 g/mol. The minimum atomic E-state index is 0. The smallest absolute Gasteiger partial charge is 0.0623 e. The number of hydrogen-bond acceptors (Lipinski definition) is 3. The van der Waals surface area contributed by atoms with Gasteiger partial charge in [-0.1, -0.05) is 50.6 Å². The summed E-state index contributed by atoms with van der Waals surface area (Å²) >= 11 is 0. The van der Waals surface area contributed by atoms with Gasteiger partial charge in [-0.05, 0) is 24.3 Å². The number of ether oxygens (including phenoxy) is 1.